The molecule has 4 heteroatoms. The fourth-order valence-electron chi connectivity index (χ4n) is 1.58. The summed E-state index contributed by atoms with van der Waals surface area (Å²) < 4.78 is 0. The third-order valence-electron chi connectivity index (χ3n) is 2.35. The molecule has 0 aliphatic carbocycles. The van der Waals surface area contributed by atoms with Gasteiger partial charge in [-0.2, -0.15) is 0 Å². The number of carboxylic acid groups (broad SMARTS) is 1. The van der Waals surface area contributed by atoms with Crippen LogP contribution in [-0.2, 0) is 16.0 Å². The van der Waals surface area contributed by atoms with Gasteiger partial charge in [-0.1, -0.05) is 30.3 Å². The summed E-state index contributed by atoms with van der Waals surface area (Å²) in [7, 11) is 0. The SMILES string of the molecule is C[C@H](Cc1ccccc1)NC(=O)CCC(=O)[O-]. The van der Waals surface area contributed by atoms with Crippen molar-refractivity contribution in [3.05, 3.63) is 35.9 Å². The van der Waals surface area contributed by atoms with Crippen LogP contribution in [0.1, 0.15) is 25.3 Å². The summed E-state index contributed by atoms with van der Waals surface area (Å²) in [4.78, 5) is 21.5. The van der Waals surface area contributed by atoms with Gasteiger partial charge in [0.25, 0.3) is 0 Å². The Balaban J connectivity index is 2.32. The first-order valence-corrected chi connectivity index (χ1v) is 5.61. The monoisotopic (exact) mass is 234 g/mol. The van der Waals surface area contributed by atoms with Crippen molar-refractivity contribution in [2.45, 2.75) is 32.2 Å². The van der Waals surface area contributed by atoms with Gasteiger partial charge >= 0.3 is 0 Å². The zero-order valence-corrected chi connectivity index (χ0v) is 9.81. The van der Waals surface area contributed by atoms with E-state index >= 15 is 0 Å². The lowest BCUT2D eigenvalue weighted by Crippen LogP contribution is -2.35. The molecular weight excluding hydrogens is 218 g/mol. The number of carbonyl (C=O) groups excluding carboxylic acids is 2. The molecule has 0 saturated carbocycles. The highest BCUT2D eigenvalue weighted by Crippen LogP contribution is 2.03. The minimum absolute atomic E-state index is 0.00773. The van der Waals surface area contributed by atoms with Crippen LogP contribution in [0.4, 0.5) is 0 Å². The molecule has 0 aromatic heterocycles. The molecular formula is C13H16NO3-. The maximum Gasteiger partial charge on any atom is 0.220 e. The molecule has 1 rings (SSSR count). The first-order chi connectivity index (χ1) is 8.08. The van der Waals surface area contributed by atoms with Crippen LogP contribution < -0.4 is 10.4 Å². The highest BCUT2D eigenvalue weighted by molar-refractivity contribution is 5.80. The molecule has 4 nitrogen and oxygen atoms in total. The number of carboxylic acids is 1. The number of benzene rings is 1. The summed E-state index contributed by atoms with van der Waals surface area (Å²) in [5.74, 6) is -1.45. The molecule has 1 N–H and O–H groups in total. The summed E-state index contributed by atoms with van der Waals surface area (Å²) in [6.07, 6.45) is 0.475. The zero-order valence-electron chi connectivity index (χ0n) is 9.81. The Bertz CT molecular complexity index is 376. The fraction of sp³-hybridized carbons (Fsp3) is 0.385. The lowest BCUT2D eigenvalue weighted by atomic mass is 10.1. The minimum atomic E-state index is -1.20. The summed E-state index contributed by atoms with van der Waals surface area (Å²) in [6.45, 7) is 1.89. The van der Waals surface area contributed by atoms with Crippen molar-refractivity contribution in [2.24, 2.45) is 0 Å². The molecule has 1 aromatic rings. The second-order valence-electron chi connectivity index (χ2n) is 4.03. The molecule has 0 aliphatic rings. The summed E-state index contributed by atoms with van der Waals surface area (Å²) >= 11 is 0. The minimum Gasteiger partial charge on any atom is -0.550 e. The number of amides is 1. The highest BCUT2D eigenvalue weighted by Gasteiger charge is 2.07. The number of rotatable bonds is 6. The molecule has 1 atom stereocenters. The largest absolute Gasteiger partial charge is 0.550 e. The molecule has 0 bridgehead atoms. The van der Waals surface area contributed by atoms with E-state index in [1.54, 1.807) is 0 Å². The van der Waals surface area contributed by atoms with E-state index in [0.29, 0.717) is 0 Å². The molecule has 0 spiro atoms. The van der Waals surface area contributed by atoms with Crippen LogP contribution in [0.3, 0.4) is 0 Å². The van der Waals surface area contributed by atoms with Crippen LogP contribution in [0.5, 0.6) is 0 Å². The molecule has 0 saturated heterocycles. The molecule has 1 aromatic carbocycles. The summed E-state index contributed by atoms with van der Waals surface area (Å²) in [6, 6.07) is 9.80. The Morgan fingerprint density at radius 1 is 1.24 bits per heavy atom. The maximum absolute atomic E-state index is 11.3. The van der Waals surface area contributed by atoms with E-state index in [9.17, 15) is 14.7 Å². The normalized spacial score (nSPS) is 11.8. The second kappa shape index (κ2) is 6.68. The zero-order chi connectivity index (χ0) is 12.7. The second-order valence-corrected chi connectivity index (χ2v) is 4.03. The standard InChI is InChI=1S/C13H17NO3/c1-10(9-11-5-3-2-4-6-11)14-12(15)7-8-13(16)17/h2-6,10H,7-9H2,1H3,(H,14,15)(H,16,17)/p-1/t10-/m1/s1. The Labute approximate surface area is 101 Å². The van der Waals surface area contributed by atoms with E-state index < -0.39 is 5.97 Å². The molecule has 0 heterocycles. The van der Waals surface area contributed by atoms with E-state index in [1.807, 2.05) is 37.3 Å². The summed E-state index contributed by atoms with van der Waals surface area (Å²) in [5.41, 5.74) is 1.14. The predicted octanol–water partition coefficient (Wildman–Crippen LogP) is 0.264. The van der Waals surface area contributed by atoms with Crippen LogP contribution in [0.25, 0.3) is 0 Å². The molecule has 17 heavy (non-hydrogen) atoms. The smallest absolute Gasteiger partial charge is 0.220 e. The van der Waals surface area contributed by atoms with Crippen molar-refractivity contribution < 1.29 is 14.7 Å². The van der Waals surface area contributed by atoms with Crippen molar-refractivity contribution in [1.29, 1.82) is 0 Å². The van der Waals surface area contributed by atoms with E-state index in [-0.39, 0.29) is 24.8 Å². The van der Waals surface area contributed by atoms with Crippen molar-refractivity contribution in [1.82, 2.24) is 5.32 Å². The average molecular weight is 234 g/mol. The lowest BCUT2D eigenvalue weighted by molar-refractivity contribution is -0.305. The number of carbonyl (C=O) groups is 2. The van der Waals surface area contributed by atoms with Crippen molar-refractivity contribution in [3.63, 3.8) is 0 Å². The van der Waals surface area contributed by atoms with Gasteiger partial charge in [0.1, 0.15) is 0 Å². The Hall–Kier alpha value is -1.84. The van der Waals surface area contributed by atoms with Crippen molar-refractivity contribution in [2.75, 3.05) is 0 Å². The van der Waals surface area contributed by atoms with Crippen LogP contribution in [0, 0.1) is 0 Å². The van der Waals surface area contributed by atoms with Crippen LogP contribution in [0.2, 0.25) is 0 Å². The van der Waals surface area contributed by atoms with E-state index in [4.69, 9.17) is 0 Å². The van der Waals surface area contributed by atoms with Gasteiger partial charge in [0, 0.05) is 18.4 Å². The van der Waals surface area contributed by atoms with Crippen LogP contribution in [0.15, 0.2) is 30.3 Å². The fourth-order valence-corrected chi connectivity index (χ4v) is 1.58. The lowest BCUT2D eigenvalue weighted by Gasteiger charge is -2.14. The molecule has 0 fully saturated rings. The quantitative estimate of drug-likeness (QED) is 0.767. The van der Waals surface area contributed by atoms with Gasteiger partial charge < -0.3 is 15.2 Å². The molecule has 1 amide bonds. The Morgan fingerprint density at radius 3 is 2.47 bits per heavy atom. The van der Waals surface area contributed by atoms with E-state index in [1.165, 1.54) is 0 Å². The van der Waals surface area contributed by atoms with Gasteiger partial charge in [0.2, 0.25) is 5.91 Å². The first-order valence-electron chi connectivity index (χ1n) is 5.61. The molecule has 0 unspecified atom stereocenters. The van der Waals surface area contributed by atoms with Crippen molar-refractivity contribution >= 4 is 11.9 Å². The van der Waals surface area contributed by atoms with Crippen LogP contribution >= 0.6 is 0 Å². The first kappa shape index (κ1) is 13.2. The van der Waals surface area contributed by atoms with E-state index in [2.05, 4.69) is 5.32 Å². The van der Waals surface area contributed by atoms with Gasteiger partial charge in [-0.3, -0.25) is 4.79 Å². The maximum atomic E-state index is 11.3. The summed E-state index contributed by atoms with van der Waals surface area (Å²) in [5, 5.41) is 12.9. The van der Waals surface area contributed by atoms with Gasteiger partial charge in [-0.05, 0) is 25.3 Å². The Morgan fingerprint density at radius 2 is 1.88 bits per heavy atom. The van der Waals surface area contributed by atoms with Gasteiger partial charge in [-0.15, -0.1) is 0 Å². The highest BCUT2D eigenvalue weighted by atomic mass is 16.4. The molecule has 92 valence electrons. The average Bonchev–Trinajstić information content (AvgIpc) is 2.27. The number of aliphatic carboxylic acids is 1. The van der Waals surface area contributed by atoms with E-state index in [0.717, 1.165) is 12.0 Å². The molecule has 0 aliphatic heterocycles. The number of hydrogen-bond acceptors (Lipinski definition) is 3. The van der Waals surface area contributed by atoms with Gasteiger partial charge in [-0.25, -0.2) is 0 Å². The number of nitrogens with one attached hydrogen (secondary N) is 1. The Kier molecular flexibility index (Phi) is 5.20. The van der Waals surface area contributed by atoms with Gasteiger partial charge in [0.05, 0.1) is 0 Å². The predicted molar refractivity (Wildman–Crippen MR) is 62.0 cm³/mol. The van der Waals surface area contributed by atoms with Crippen LogP contribution in [-0.4, -0.2) is 17.9 Å². The van der Waals surface area contributed by atoms with Gasteiger partial charge in [0.15, 0.2) is 0 Å². The third-order valence-corrected chi connectivity index (χ3v) is 2.35. The third kappa shape index (κ3) is 5.70. The number of hydrogen-bond donors (Lipinski definition) is 1. The molecule has 0 radical (unpaired) electrons. The topological polar surface area (TPSA) is 69.2 Å². The van der Waals surface area contributed by atoms with Crippen molar-refractivity contribution in [3.8, 4) is 0 Å².